The quantitative estimate of drug-likeness (QED) is 0.792. The second-order valence-electron chi connectivity index (χ2n) is 4.59. The summed E-state index contributed by atoms with van der Waals surface area (Å²) in [6.07, 6.45) is 0.991. The van der Waals surface area contributed by atoms with Gasteiger partial charge in [0, 0.05) is 6.54 Å². The van der Waals surface area contributed by atoms with E-state index in [-0.39, 0.29) is 17.8 Å². The molecule has 1 aliphatic heterocycles. The van der Waals surface area contributed by atoms with Crippen LogP contribution >= 0.6 is 0 Å². The minimum absolute atomic E-state index is 0.0603. The van der Waals surface area contributed by atoms with Gasteiger partial charge < -0.3 is 10.1 Å². The van der Waals surface area contributed by atoms with Crippen molar-refractivity contribution >= 4 is 5.97 Å². The molecule has 1 aliphatic rings. The van der Waals surface area contributed by atoms with Gasteiger partial charge in [0.05, 0.1) is 13.0 Å². The Morgan fingerprint density at radius 2 is 2.18 bits per heavy atom. The number of ether oxygens (including phenoxy) is 1. The number of piperidine rings is 1. The molecule has 0 aliphatic carbocycles. The van der Waals surface area contributed by atoms with E-state index >= 15 is 0 Å². The second kappa shape index (κ2) is 5.32. The van der Waals surface area contributed by atoms with Gasteiger partial charge in [0.2, 0.25) is 0 Å². The van der Waals surface area contributed by atoms with Crippen molar-refractivity contribution in [3.8, 4) is 0 Å². The maximum Gasteiger partial charge on any atom is 0.310 e. The van der Waals surface area contributed by atoms with E-state index in [0.717, 1.165) is 13.0 Å². The van der Waals surface area contributed by atoms with Crippen LogP contribution in [0.2, 0.25) is 0 Å². The predicted molar refractivity (Wildman–Crippen MR) is 66.9 cm³/mol. The zero-order valence-electron chi connectivity index (χ0n) is 10.4. The first kappa shape index (κ1) is 12.1. The summed E-state index contributed by atoms with van der Waals surface area (Å²) in [5.74, 6) is 0.116. The Morgan fingerprint density at radius 1 is 1.41 bits per heavy atom. The van der Waals surface area contributed by atoms with Crippen molar-refractivity contribution in [3.05, 3.63) is 35.4 Å². The van der Waals surface area contributed by atoms with Crippen molar-refractivity contribution in [2.45, 2.75) is 19.3 Å². The average Bonchev–Trinajstić information content (AvgIpc) is 2.38. The monoisotopic (exact) mass is 233 g/mol. The van der Waals surface area contributed by atoms with Crippen LogP contribution in [-0.4, -0.2) is 26.2 Å². The summed E-state index contributed by atoms with van der Waals surface area (Å²) in [4.78, 5) is 11.8. The molecule has 0 unspecified atom stereocenters. The van der Waals surface area contributed by atoms with Crippen molar-refractivity contribution < 1.29 is 9.53 Å². The van der Waals surface area contributed by atoms with Gasteiger partial charge in [-0.3, -0.25) is 4.79 Å². The highest BCUT2D eigenvalue weighted by Gasteiger charge is 2.33. The third kappa shape index (κ3) is 2.50. The predicted octanol–water partition coefficient (Wildman–Crippen LogP) is 1.86. The number of nitrogens with one attached hydrogen (secondary N) is 1. The van der Waals surface area contributed by atoms with E-state index in [1.54, 1.807) is 0 Å². The smallest absolute Gasteiger partial charge is 0.310 e. The summed E-state index contributed by atoms with van der Waals surface area (Å²) < 4.78 is 4.90. The van der Waals surface area contributed by atoms with Crippen LogP contribution in [0.3, 0.4) is 0 Å². The summed E-state index contributed by atoms with van der Waals surface area (Å²) >= 11 is 0. The van der Waals surface area contributed by atoms with Gasteiger partial charge >= 0.3 is 5.97 Å². The summed E-state index contributed by atoms with van der Waals surface area (Å²) in [5, 5.41) is 3.27. The molecule has 1 heterocycles. The van der Waals surface area contributed by atoms with Crippen LogP contribution in [0.4, 0.5) is 0 Å². The van der Waals surface area contributed by atoms with Crippen molar-refractivity contribution in [3.63, 3.8) is 0 Å². The fraction of sp³-hybridized carbons (Fsp3) is 0.500. The SMILES string of the molecule is COC(=O)[C@H]1CNCC[C@@H]1c1ccccc1C. The third-order valence-electron chi connectivity index (χ3n) is 3.57. The zero-order valence-corrected chi connectivity index (χ0v) is 10.4. The Balaban J connectivity index is 2.28. The minimum Gasteiger partial charge on any atom is -0.469 e. The van der Waals surface area contributed by atoms with E-state index in [4.69, 9.17) is 4.74 Å². The standard InChI is InChI=1S/C14H19NO2/c1-10-5-3-4-6-11(10)12-7-8-15-9-13(12)14(16)17-2/h3-6,12-13,15H,7-9H2,1-2H3/t12-,13+/m1/s1. The van der Waals surface area contributed by atoms with Gasteiger partial charge in [-0.1, -0.05) is 24.3 Å². The molecule has 1 N–H and O–H groups in total. The van der Waals surface area contributed by atoms with E-state index in [1.165, 1.54) is 18.2 Å². The minimum atomic E-state index is -0.106. The molecule has 1 aromatic carbocycles. The lowest BCUT2D eigenvalue weighted by Crippen LogP contribution is -2.40. The van der Waals surface area contributed by atoms with Crippen molar-refractivity contribution in [2.75, 3.05) is 20.2 Å². The lowest BCUT2D eigenvalue weighted by atomic mass is 9.79. The van der Waals surface area contributed by atoms with Gasteiger partial charge in [-0.25, -0.2) is 0 Å². The molecule has 0 aromatic heterocycles. The lowest BCUT2D eigenvalue weighted by molar-refractivity contribution is -0.146. The maximum atomic E-state index is 11.8. The Morgan fingerprint density at radius 3 is 2.88 bits per heavy atom. The highest BCUT2D eigenvalue weighted by molar-refractivity contribution is 5.74. The molecule has 3 nitrogen and oxygen atoms in total. The third-order valence-corrected chi connectivity index (χ3v) is 3.57. The molecule has 2 atom stereocenters. The fourth-order valence-corrected chi connectivity index (χ4v) is 2.63. The molecule has 0 bridgehead atoms. The maximum absolute atomic E-state index is 11.8. The van der Waals surface area contributed by atoms with Gasteiger partial charge in [-0.05, 0) is 36.9 Å². The topological polar surface area (TPSA) is 38.3 Å². The van der Waals surface area contributed by atoms with Gasteiger partial charge in [-0.2, -0.15) is 0 Å². The number of methoxy groups -OCH3 is 1. The van der Waals surface area contributed by atoms with Crippen molar-refractivity contribution in [2.24, 2.45) is 5.92 Å². The van der Waals surface area contributed by atoms with Crippen molar-refractivity contribution in [1.29, 1.82) is 0 Å². The zero-order chi connectivity index (χ0) is 12.3. The lowest BCUT2D eigenvalue weighted by Gasteiger charge is -2.31. The number of carbonyl (C=O) groups is 1. The van der Waals surface area contributed by atoms with Crippen LogP contribution < -0.4 is 5.32 Å². The molecule has 0 saturated carbocycles. The summed E-state index contributed by atoms with van der Waals surface area (Å²) in [6.45, 7) is 3.78. The molecule has 1 saturated heterocycles. The first-order chi connectivity index (χ1) is 8.24. The molecule has 92 valence electrons. The summed E-state index contributed by atoms with van der Waals surface area (Å²) in [5.41, 5.74) is 2.54. The summed E-state index contributed by atoms with van der Waals surface area (Å²) in [6, 6.07) is 8.30. The van der Waals surface area contributed by atoms with Gasteiger partial charge in [0.1, 0.15) is 0 Å². The number of benzene rings is 1. The van der Waals surface area contributed by atoms with E-state index in [1.807, 2.05) is 12.1 Å². The molecule has 1 aromatic rings. The van der Waals surface area contributed by atoms with Crippen LogP contribution in [0.25, 0.3) is 0 Å². The number of rotatable bonds is 2. The first-order valence-electron chi connectivity index (χ1n) is 6.08. The number of hydrogen-bond acceptors (Lipinski definition) is 3. The number of aryl methyl sites for hydroxylation is 1. The Kier molecular flexibility index (Phi) is 3.79. The molecule has 0 radical (unpaired) electrons. The molecule has 1 fully saturated rings. The van der Waals surface area contributed by atoms with Crippen LogP contribution in [0.15, 0.2) is 24.3 Å². The average molecular weight is 233 g/mol. The van der Waals surface area contributed by atoms with E-state index in [2.05, 4.69) is 24.4 Å². The molecule has 17 heavy (non-hydrogen) atoms. The second-order valence-corrected chi connectivity index (χ2v) is 4.59. The van der Waals surface area contributed by atoms with Crippen molar-refractivity contribution in [1.82, 2.24) is 5.32 Å². The van der Waals surface area contributed by atoms with Crippen LogP contribution in [0, 0.1) is 12.8 Å². The Hall–Kier alpha value is -1.35. The number of esters is 1. The molecule has 3 heteroatoms. The van der Waals surface area contributed by atoms with Crippen LogP contribution in [-0.2, 0) is 9.53 Å². The van der Waals surface area contributed by atoms with E-state index in [9.17, 15) is 4.79 Å². The summed E-state index contributed by atoms with van der Waals surface area (Å²) in [7, 11) is 1.46. The number of hydrogen-bond donors (Lipinski definition) is 1. The van der Waals surface area contributed by atoms with E-state index < -0.39 is 0 Å². The number of carbonyl (C=O) groups excluding carboxylic acids is 1. The largest absolute Gasteiger partial charge is 0.469 e. The molecular weight excluding hydrogens is 214 g/mol. The highest BCUT2D eigenvalue weighted by Crippen LogP contribution is 2.32. The molecule has 2 rings (SSSR count). The molecular formula is C14H19NO2. The first-order valence-corrected chi connectivity index (χ1v) is 6.08. The fourth-order valence-electron chi connectivity index (χ4n) is 2.63. The van der Waals surface area contributed by atoms with Crippen LogP contribution in [0.5, 0.6) is 0 Å². The van der Waals surface area contributed by atoms with E-state index in [0.29, 0.717) is 6.54 Å². The Bertz CT molecular complexity index is 403. The van der Waals surface area contributed by atoms with Crippen LogP contribution in [0.1, 0.15) is 23.5 Å². The van der Waals surface area contributed by atoms with Gasteiger partial charge in [-0.15, -0.1) is 0 Å². The molecule has 0 spiro atoms. The normalized spacial score (nSPS) is 24.4. The van der Waals surface area contributed by atoms with Gasteiger partial charge in [0.15, 0.2) is 0 Å². The highest BCUT2D eigenvalue weighted by atomic mass is 16.5. The molecule has 0 amide bonds. The van der Waals surface area contributed by atoms with Gasteiger partial charge in [0.25, 0.3) is 0 Å². The Labute approximate surface area is 102 Å².